The Balaban J connectivity index is 2.03. The first-order valence-electron chi connectivity index (χ1n) is 7.07. The van der Waals surface area contributed by atoms with Gasteiger partial charge in [0.05, 0.1) is 0 Å². The fourth-order valence-electron chi connectivity index (χ4n) is 2.24. The molecule has 3 heteroatoms. The summed E-state index contributed by atoms with van der Waals surface area (Å²) in [6.45, 7) is 2.14. The van der Waals surface area contributed by atoms with Crippen LogP contribution < -0.4 is 5.32 Å². The Morgan fingerprint density at radius 1 is 1.15 bits per heavy atom. The third kappa shape index (κ3) is 4.06. The second-order valence-corrected chi connectivity index (χ2v) is 5.40. The van der Waals surface area contributed by atoms with Crippen LogP contribution in [0.1, 0.15) is 23.7 Å². The number of rotatable bonds is 6. The van der Waals surface area contributed by atoms with Gasteiger partial charge in [-0.05, 0) is 43.1 Å². The lowest BCUT2D eigenvalue weighted by molar-refractivity contribution is 0.550. The van der Waals surface area contributed by atoms with Gasteiger partial charge in [0, 0.05) is 29.4 Å². The van der Waals surface area contributed by atoms with Crippen molar-refractivity contribution in [3.05, 3.63) is 64.4 Å². The molecule has 0 aliphatic rings. The summed E-state index contributed by atoms with van der Waals surface area (Å²) >= 11 is 6.22. The number of aryl methyl sites for hydroxylation is 1. The summed E-state index contributed by atoms with van der Waals surface area (Å²) in [5.74, 6) is 0. The second-order valence-electron chi connectivity index (χ2n) is 5.00. The second kappa shape index (κ2) is 7.41. The van der Waals surface area contributed by atoms with Crippen LogP contribution in [0.2, 0.25) is 5.02 Å². The standard InChI is InChI=1S/C17H21ClN2/c1-3-13-8-9-15(20-12-13)11-16(19-2)10-14-6-4-5-7-17(14)18/h4-9,12,16,19H,3,10-11H2,1-2H3. The van der Waals surface area contributed by atoms with Crippen molar-refractivity contribution in [2.45, 2.75) is 32.2 Å². The maximum absolute atomic E-state index is 6.22. The fraction of sp³-hybridized carbons (Fsp3) is 0.353. The molecular weight excluding hydrogens is 268 g/mol. The molecule has 1 aromatic carbocycles. The largest absolute Gasteiger partial charge is 0.316 e. The van der Waals surface area contributed by atoms with Crippen LogP contribution in [-0.2, 0) is 19.3 Å². The number of nitrogens with one attached hydrogen (secondary N) is 1. The van der Waals surface area contributed by atoms with E-state index in [0.717, 1.165) is 30.0 Å². The zero-order valence-corrected chi connectivity index (χ0v) is 12.8. The summed E-state index contributed by atoms with van der Waals surface area (Å²) in [6.07, 6.45) is 4.82. The average molecular weight is 289 g/mol. The topological polar surface area (TPSA) is 24.9 Å². The quantitative estimate of drug-likeness (QED) is 0.877. The van der Waals surface area contributed by atoms with Gasteiger partial charge in [0.2, 0.25) is 0 Å². The molecule has 1 aromatic heterocycles. The van der Waals surface area contributed by atoms with Crippen molar-refractivity contribution >= 4 is 11.6 Å². The number of nitrogens with zero attached hydrogens (tertiary/aromatic N) is 1. The van der Waals surface area contributed by atoms with Crippen molar-refractivity contribution < 1.29 is 0 Å². The van der Waals surface area contributed by atoms with Crippen LogP contribution in [-0.4, -0.2) is 18.1 Å². The lowest BCUT2D eigenvalue weighted by Gasteiger charge is -2.16. The summed E-state index contributed by atoms with van der Waals surface area (Å²) in [6, 6.07) is 12.6. The molecular formula is C17H21ClN2. The summed E-state index contributed by atoms with van der Waals surface area (Å²) in [5.41, 5.74) is 3.58. The monoisotopic (exact) mass is 288 g/mol. The highest BCUT2D eigenvalue weighted by Crippen LogP contribution is 2.17. The van der Waals surface area contributed by atoms with E-state index >= 15 is 0 Å². The van der Waals surface area contributed by atoms with Crippen molar-refractivity contribution in [2.75, 3.05) is 7.05 Å². The van der Waals surface area contributed by atoms with Crippen LogP contribution in [0.4, 0.5) is 0 Å². The first-order chi connectivity index (χ1) is 9.72. The average Bonchev–Trinajstić information content (AvgIpc) is 2.49. The Kier molecular flexibility index (Phi) is 5.57. The Morgan fingerprint density at radius 3 is 2.55 bits per heavy atom. The molecule has 1 heterocycles. The highest BCUT2D eigenvalue weighted by Gasteiger charge is 2.11. The fourth-order valence-corrected chi connectivity index (χ4v) is 2.46. The van der Waals surface area contributed by atoms with Crippen LogP contribution in [0.3, 0.4) is 0 Å². The molecule has 1 unspecified atom stereocenters. The maximum Gasteiger partial charge on any atom is 0.0438 e. The number of aromatic nitrogens is 1. The summed E-state index contributed by atoms with van der Waals surface area (Å²) in [5, 5.41) is 4.19. The molecule has 0 amide bonds. The lowest BCUT2D eigenvalue weighted by atomic mass is 10.0. The van der Waals surface area contributed by atoms with Crippen molar-refractivity contribution in [3.63, 3.8) is 0 Å². The van der Waals surface area contributed by atoms with Gasteiger partial charge in [0.15, 0.2) is 0 Å². The number of benzene rings is 1. The lowest BCUT2D eigenvalue weighted by Crippen LogP contribution is -2.30. The van der Waals surface area contributed by atoms with Gasteiger partial charge < -0.3 is 5.32 Å². The molecule has 2 rings (SSSR count). The molecule has 0 aliphatic carbocycles. The molecule has 0 saturated heterocycles. The van der Waals surface area contributed by atoms with Gasteiger partial charge in [0.1, 0.15) is 0 Å². The van der Waals surface area contributed by atoms with E-state index in [1.165, 1.54) is 11.1 Å². The first-order valence-corrected chi connectivity index (χ1v) is 7.45. The molecule has 1 atom stereocenters. The van der Waals surface area contributed by atoms with E-state index in [2.05, 4.69) is 35.4 Å². The molecule has 0 radical (unpaired) electrons. The normalized spacial score (nSPS) is 12.3. The zero-order chi connectivity index (χ0) is 14.4. The van der Waals surface area contributed by atoms with E-state index in [4.69, 9.17) is 11.6 Å². The minimum absolute atomic E-state index is 0.342. The van der Waals surface area contributed by atoms with E-state index in [1.54, 1.807) is 0 Å². The third-order valence-electron chi connectivity index (χ3n) is 3.58. The van der Waals surface area contributed by atoms with Crippen LogP contribution in [0.15, 0.2) is 42.6 Å². The minimum Gasteiger partial charge on any atom is -0.316 e. The van der Waals surface area contributed by atoms with Gasteiger partial charge in [-0.2, -0.15) is 0 Å². The Morgan fingerprint density at radius 2 is 1.95 bits per heavy atom. The molecule has 0 spiro atoms. The summed E-state index contributed by atoms with van der Waals surface area (Å²) in [7, 11) is 1.99. The summed E-state index contributed by atoms with van der Waals surface area (Å²) in [4.78, 5) is 4.53. The number of likely N-dealkylation sites (N-methyl/N-ethyl adjacent to an activating group) is 1. The van der Waals surface area contributed by atoms with Crippen LogP contribution in [0.25, 0.3) is 0 Å². The van der Waals surface area contributed by atoms with Crippen molar-refractivity contribution in [3.8, 4) is 0 Å². The van der Waals surface area contributed by atoms with Crippen LogP contribution in [0, 0.1) is 0 Å². The number of hydrogen-bond acceptors (Lipinski definition) is 2. The van der Waals surface area contributed by atoms with Crippen molar-refractivity contribution in [1.29, 1.82) is 0 Å². The molecule has 1 N–H and O–H groups in total. The highest BCUT2D eigenvalue weighted by molar-refractivity contribution is 6.31. The van der Waals surface area contributed by atoms with E-state index in [9.17, 15) is 0 Å². The molecule has 0 fully saturated rings. The van der Waals surface area contributed by atoms with Crippen LogP contribution >= 0.6 is 11.6 Å². The zero-order valence-electron chi connectivity index (χ0n) is 12.1. The Bertz CT molecular complexity index is 537. The predicted molar refractivity (Wildman–Crippen MR) is 85.3 cm³/mol. The number of hydrogen-bond donors (Lipinski definition) is 1. The van der Waals surface area contributed by atoms with Gasteiger partial charge >= 0.3 is 0 Å². The SMILES string of the molecule is CCc1ccc(CC(Cc2ccccc2Cl)NC)nc1. The highest BCUT2D eigenvalue weighted by atomic mass is 35.5. The summed E-state index contributed by atoms with van der Waals surface area (Å²) < 4.78 is 0. The van der Waals surface area contributed by atoms with Crippen molar-refractivity contribution in [1.82, 2.24) is 10.3 Å². The van der Waals surface area contributed by atoms with Gasteiger partial charge in [-0.15, -0.1) is 0 Å². The van der Waals surface area contributed by atoms with Gasteiger partial charge in [-0.25, -0.2) is 0 Å². The van der Waals surface area contributed by atoms with E-state index < -0.39 is 0 Å². The number of pyridine rings is 1. The third-order valence-corrected chi connectivity index (χ3v) is 3.95. The van der Waals surface area contributed by atoms with Gasteiger partial charge in [-0.1, -0.05) is 42.8 Å². The molecule has 20 heavy (non-hydrogen) atoms. The molecule has 0 saturated carbocycles. The van der Waals surface area contributed by atoms with E-state index in [1.807, 2.05) is 31.4 Å². The molecule has 2 aromatic rings. The van der Waals surface area contributed by atoms with Gasteiger partial charge in [0.25, 0.3) is 0 Å². The van der Waals surface area contributed by atoms with E-state index in [0.29, 0.717) is 6.04 Å². The van der Waals surface area contributed by atoms with Crippen molar-refractivity contribution in [2.24, 2.45) is 0 Å². The molecule has 2 nitrogen and oxygen atoms in total. The van der Waals surface area contributed by atoms with Gasteiger partial charge in [-0.3, -0.25) is 4.98 Å². The van der Waals surface area contributed by atoms with Crippen LogP contribution in [0.5, 0.6) is 0 Å². The maximum atomic E-state index is 6.22. The minimum atomic E-state index is 0.342. The molecule has 0 bridgehead atoms. The first kappa shape index (κ1) is 15.0. The molecule has 0 aliphatic heterocycles. The number of halogens is 1. The Hall–Kier alpha value is -1.38. The smallest absolute Gasteiger partial charge is 0.0438 e. The predicted octanol–water partition coefficient (Wildman–Crippen LogP) is 3.67. The molecule has 106 valence electrons. The Labute approximate surface area is 126 Å². The van der Waals surface area contributed by atoms with E-state index in [-0.39, 0.29) is 0 Å².